The Labute approximate surface area is 178 Å². The summed E-state index contributed by atoms with van der Waals surface area (Å²) < 4.78 is 5.65. The molecule has 1 unspecified atom stereocenters. The van der Waals surface area contributed by atoms with Crippen LogP contribution in [0, 0.1) is 5.92 Å². The highest BCUT2D eigenvalue weighted by Gasteiger charge is 2.36. The maximum atomic E-state index is 12.9. The first-order valence-corrected chi connectivity index (χ1v) is 10.6. The van der Waals surface area contributed by atoms with Gasteiger partial charge in [0.1, 0.15) is 0 Å². The minimum Gasteiger partial charge on any atom is -0.334 e. The van der Waals surface area contributed by atoms with Crippen LogP contribution in [0.25, 0.3) is 16.3 Å². The van der Waals surface area contributed by atoms with Gasteiger partial charge in [-0.3, -0.25) is 4.90 Å². The summed E-state index contributed by atoms with van der Waals surface area (Å²) in [5.74, 6) is 1.24. The number of nitrogens with zero attached hydrogens (tertiary/aromatic N) is 3. The summed E-state index contributed by atoms with van der Waals surface area (Å²) in [5, 5.41) is 9.80. The summed E-state index contributed by atoms with van der Waals surface area (Å²) in [6, 6.07) is 10.8. The molecule has 1 atom stereocenters. The van der Waals surface area contributed by atoms with Crippen LogP contribution in [0.3, 0.4) is 0 Å². The Bertz CT molecular complexity index is 1060. The molecule has 6 nitrogen and oxygen atoms in total. The third-order valence-corrected chi connectivity index (χ3v) is 5.82. The highest BCUT2D eigenvalue weighted by molar-refractivity contribution is 7.13. The minimum absolute atomic E-state index is 0.150. The molecule has 1 aromatic carbocycles. The number of nitrogens with one attached hydrogen (secondary N) is 1. The van der Waals surface area contributed by atoms with Gasteiger partial charge in [0.25, 0.3) is 5.89 Å². The number of thiophene rings is 1. The molecular formula is C21H21ClN4O2S. The molecular weight excluding hydrogens is 408 g/mol. The molecule has 1 N–H and O–H groups in total. The number of hydrogen-bond donors (Lipinski definition) is 1. The highest BCUT2D eigenvalue weighted by Crippen LogP contribution is 2.38. The van der Waals surface area contributed by atoms with E-state index >= 15 is 0 Å². The van der Waals surface area contributed by atoms with Gasteiger partial charge < -0.3 is 9.84 Å². The predicted octanol–water partition coefficient (Wildman–Crippen LogP) is 5.61. The zero-order valence-corrected chi connectivity index (χ0v) is 17.9. The van der Waals surface area contributed by atoms with E-state index in [0.29, 0.717) is 29.2 Å². The minimum atomic E-state index is -0.429. The van der Waals surface area contributed by atoms with Crippen molar-refractivity contribution in [1.82, 2.24) is 20.4 Å². The number of aromatic nitrogens is 2. The van der Waals surface area contributed by atoms with Gasteiger partial charge in [0.2, 0.25) is 5.82 Å². The molecule has 1 aliphatic heterocycles. The number of amides is 2. The quantitative estimate of drug-likeness (QED) is 0.573. The third-order valence-electron chi connectivity index (χ3n) is 4.72. The molecule has 0 saturated carbocycles. The zero-order valence-electron chi connectivity index (χ0n) is 16.3. The Morgan fingerprint density at radius 3 is 2.83 bits per heavy atom. The van der Waals surface area contributed by atoms with Crippen LogP contribution in [0.2, 0.25) is 5.02 Å². The number of carbonyl (C=O) groups is 1. The summed E-state index contributed by atoms with van der Waals surface area (Å²) >= 11 is 7.76. The lowest BCUT2D eigenvalue weighted by molar-refractivity contribution is 0.199. The first-order valence-electron chi connectivity index (χ1n) is 9.36. The standard InChI is InChI=1S/C21H21ClN4O2S/c1-12(2)11-26-13(3)17(20-24-19(25-28-20)16-8-5-9-29-16)18(23-21(26)27)14-6-4-7-15(22)10-14/h4-10,12,18H,11H2,1-3H3,(H,23,27). The number of rotatable bonds is 5. The molecule has 0 bridgehead atoms. The second-order valence-corrected chi connectivity index (χ2v) is 8.73. The normalized spacial score (nSPS) is 17.2. The number of halogens is 1. The number of hydrogen-bond acceptors (Lipinski definition) is 5. The molecule has 0 radical (unpaired) electrons. The van der Waals surface area contributed by atoms with Crippen LogP contribution in [0.5, 0.6) is 0 Å². The second-order valence-electron chi connectivity index (χ2n) is 7.34. The van der Waals surface area contributed by atoms with Crippen molar-refractivity contribution in [2.45, 2.75) is 26.8 Å². The molecule has 8 heteroatoms. The molecule has 3 heterocycles. The Balaban J connectivity index is 1.83. The van der Waals surface area contributed by atoms with Crippen molar-refractivity contribution in [3.05, 3.63) is 64.0 Å². The summed E-state index contributed by atoms with van der Waals surface area (Å²) in [7, 11) is 0. The van der Waals surface area contributed by atoms with Crippen molar-refractivity contribution in [3.63, 3.8) is 0 Å². The van der Waals surface area contributed by atoms with E-state index in [2.05, 4.69) is 29.3 Å². The lowest BCUT2D eigenvalue weighted by Crippen LogP contribution is -2.47. The van der Waals surface area contributed by atoms with Crippen LogP contribution in [0.1, 0.15) is 38.3 Å². The second kappa shape index (κ2) is 8.00. The smallest absolute Gasteiger partial charge is 0.322 e. The lowest BCUT2D eigenvalue weighted by Gasteiger charge is -2.36. The van der Waals surface area contributed by atoms with Crippen LogP contribution in [-0.2, 0) is 0 Å². The highest BCUT2D eigenvalue weighted by atomic mass is 35.5. The molecule has 3 aromatic rings. The maximum Gasteiger partial charge on any atom is 0.322 e. The molecule has 0 aliphatic carbocycles. The maximum absolute atomic E-state index is 12.9. The van der Waals surface area contributed by atoms with Crippen LogP contribution in [-0.4, -0.2) is 27.6 Å². The van der Waals surface area contributed by atoms with Gasteiger partial charge in [-0.05, 0) is 42.0 Å². The van der Waals surface area contributed by atoms with Crippen LogP contribution in [0.4, 0.5) is 4.79 Å². The first kappa shape index (κ1) is 19.7. The van der Waals surface area contributed by atoms with Crippen molar-refractivity contribution in [1.29, 1.82) is 0 Å². The Morgan fingerprint density at radius 1 is 1.31 bits per heavy atom. The van der Waals surface area contributed by atoms with Gasteiger partial charge >= 0.3 is 6.03 Å². The SMILES string of the molecule is CC1=C(c2nc(-c3cccs3)no2)C(c2cccc(Cl)c2)NC(=O)N1CC(C)C. The Kier molecular flexibility index (Phi) is 5.43. The molecule has 0 spiro atoms. The first-order chi connectivity index (χ1) is 13.9. The molecule has 4 rings (SSSR count). The summed E-state index contributed by atoms with van der Waals surface area (Å²) in [4.78, 5) is 20.1. The van der Waals surface area contributed by atoms with Crippen LogP contribution < -0.4 is 5.32 Å². The topological polar surface area (TPSA) is 71.3 Å². The van der Waals surface area contributed by atoms with Gasteiger partial charge in [-0.25, -0.2) is 4.79 Å². The van der Waals surface area contributed by atoms with E-state index in [4.69, 9.17) is 16.1 Å². The fourth-order valence-electron chi connectivity index (χ4n) is 3.42. The zero-order chi connectivity index (χ0) is 20.5. The van der Waals surface area contributed by atoms with Crippen LogP contribution in [0.15, 0.2) is 52.0 Å². The van der Waals surface area contributed by atoms with Gasteiger partial charge in [-0.1, -0.05) is 48.8 Å². The summed E-state index contributed by atoms with van der Waals surface area (Å²) in [6.07, 6.45) is 0. The van der Waals surface area contributed by atoms with E-state index in [1.165, 1.54) is 0 Å². The Hall–Kier alpha value is -2.64. The average Bonchev–Trinajstić information content (AvgIpc) is 3.36. The molecule has 2 amide bonds. The number of allylic oxidation sites excluding steroid dienone is 1. The number of urea groups is 1. The van der Waals surface area contributed by atoms with E-state index in [-0.39, 0.29) is 6.03 Å². The van der Waals surface area contributed by atoms with E-state index in [9.17, 15) is 4.79 Å². The molecule has 0 fully saturated rings. The fraction of sp³-hybridized carbons (Fsp3) is 0.286. The van der Waals surface area contributed by atoms with Crippen molar-refractivity contribution >= 4 is 34.5 Å². The molecule has 29 heavy (non-hydrogen) atoms. The van der Waals surface area contributed by atoms with Crippen LogP contribution >= 0.6 is 22.9 Å². The third kappa shape index (κ3) is 3.93. The van der Waals surface area contributed by atoms with E-state index < -0.39 is 6.04 Å². The van der Waals surface area contributed by atoms with Gasteiger partial charge in [0.15, 0.2) is 0 Å². The predicted molar refractivity (Wildman–Crippen MR) is 114 cm³/mol. The van der Waals surface area contributed by atoms with E-state index in [1.54, 1.807) is 22.3 Å². The molecule has 150 valence electrons. The largest absolute Gasteiger partial charge is 0.334 e. The lowest BCUT2D eigenvalue weighted by atomic mass is 9.94. The average molecular weight is 429 g/mol. The summed E-state index contributed by atoms with van der Waals surface area (Å²) in [5.41, 5.74) is 2.44. The monoisotopic (exact) mass is 428 g/mol. The van der Waals surface area contributed by atoms with Crippen molar-refractivity contribution in [2.24, 2.45) is 5.92 Å². The van der Waals surface area contributed by atoms with Gasteiger partial charge in [-0.2, -0.15) is 4.98 Å². The number of benzene rings is 1. The van der Waals surface area contributed by atoms with E-state index in [1.807, 2.05) is 42.6 Å². The van der Waals surface area contributed by atoms with Crippen molar-refractivity contribution in [3.8, 4) is 10.7 Å². The molecule has 0 saturated heterocycles. The van der Waals surface area contributed by atoms with Gasteiger partial charge in [0.05, 0.1) is 16.5 Å². The van der Waals surface area contributed by atoms with Gasteiger partial charge in [-0.15, -0.1) is 11.3 Å². The summed E-state index contributed by atoms with van der Waals surface area (Å²) in [6.45, 7) is 6.66. The Morgan fingerprint density at radius 2 is 2.14 bits per heavy atom. The van der Waals surface area contributed by atoms with Crippen molar-refractivity contribution < 1.29 is 9.32 Å². The molecule has 1 aliphatic rings. The molecule has 2 aromatic heterocycles. The number of carbonyl (C=O) groups excluding carboxylic acids is 1. The fourth-order valence-corrected chi connectivity index (χ4v) is 4.27. The van der Waals surface area contributed by atoms with E-state index in [0.717, 1.165) is 21.7 Å². The van der Waals surface area contributed by atoms with Crippen molar-refractivity contribution in [2.75, 3.05) is 6.54 Å². The van der Waals surface area contributed by atoms with Gasteiger partial charge in [0, 0.05) is 17.3 Å².